The van der Waals surface area contributed by atoms with Gasteiger partial charge in [-0.2, -0.15) is 0 Å². The number of amides is 2. The fourth-order valence-corrected chi connectivity index (χ4v) is 9.28. The maximum Gasteiger partial charge on any atom is 0.324 e. The Balaban J connectivity index is 0.000000327. The minimum absolute atomic E-state index is 0.0120. The monoisotopic (exact) mass is 1120 g/mol. The summed E-state index contributed by atoms with van der Waals surface area (Å²) in [6.07, 6.45) is 7.75. The van der Waals surface area contributed by atoms with E-state index >= 15 is 0 Å². The van der Waals surface area contributed by atoms with Crippen LogP contribution in [0.5, 0.6) is 0 Å². The van der Waals surface area contributed by atoms with Crippen LogP contribution in [0.1, 0.15) is 74.0 Å². The Morgan fingerprint density at radius 2 is 1.25 bits per heavy atom. The fourth-order valence-electron chi connectivity index (χ4n) is 9.28. The molecule has 3 heterocycles. The number of imidazole rings is 1. The number of likely N-dealkylation sites (N-methyl/N-ethyl adjacent to an activating group) is 3. The van der Waals surface area contributed by atoms with Gasteiger partial charge in [-0.1, -0.05) is 82.3 Å². The van der Waals surface area contributed by atoms with Crippen molar-refractivity contribution in [2.75, 3.05) is 151 Å². The smallest absolute Gasteiger partial charge is 0.324 e. The number of pyridine rings is 1. The van der Waals surface area contributed by atoms with Crippen molar-refractivity contribution in [3.8, 4) is 11.1 Å². The summed E-state index contributed by atoms with van der Waals surface area (Å²) in [7, 11) is 4.79. The van der Waals surface area contributed by atoms with Crippen LogP contribution in [0.15, 0.2) is 90.1 Å². The van der Waals surface area contributed by atoms with Crippen molar-refractivity contribution in [2.45, 2.75) is 72.6 Å². The van der Waals surface area contributed by atoms with Gasteiger partial charge >= 0.3 is 5.97 Å². The number of methoxy groups -OCH3 is 2. The maximum atomic E-state index is 13.3. The van der Waals surface area contributed by atoms with Gasteiger partial charge < -0.3 is 64.5 Å². The highest BCUT2D eigenvalue weighted by Crippen LogP contribution is 2.21. The number of H-pyrrole nitrogens is 1. The normalized spacial score (nSPS) is 14.6. The number of ether oxygens (including phenoxy) is 4. The van der Waals surface area contributed by atoms with E-state index in [9.17, 15) is 19.2 Å². The lowest BCUT2D eigenvalue weighted by Crippen LogP contribution is -2.48. The number of hydrogen-bond acceptors (Lipinski definition) is 16. The van der Waals surface area contributed by atoms with E-state index in [4.69, 9.17) is 18.9 Å². The Labute approximate surface area is 481 Å². The second kappa shape index (κ2) is 37.8. The molecule has 0 spiro atoms. The van der Waals surface area contributed by atoms with E-state index in [1.807, 2.05) is 36.4 Å². The van der Waals surface area contributed by atoms with E-state index in [2.05, 4.69) is 108 Å². The lowest BCUT2D eigenvalue weighted by molar-refractivity contribution is -0.143. The number of nitrogens with one attached hydrogen (secondary N) is 6. The first kappa shape index (κ1) is 65.7. The number of rotatable bonds is 31. The number of esters is 1. The van der Waals surface area contributed by atoms with Crippen LogP contribution in [-0.4, -0.2) is 203 Å². The van der Waals surface area contributed by atoms with Crippen molar-refractivity contribution in [1.82, 2.24) is 55.4 Å². The van der Waals surface area contributed by atoms with Gasteiger partial charge in [-0.3, -0.25) is 29.4 Å². The van der Waals surface area contributed by atoms with Gasteiger partial charge in [0.1, 0.15) is 11.6 Å². The van der Waals surface area contributed by atoms with Crippen LogP contribution >= 0.6 is 0 Å². The van der Waals surface area contributed by atoms with Crippen LogP contribution in [0.25, 0.3) is 22.0 Å². The first-order valence-electron chi connectivity index (χ1n) is 29.1. The molecule has 1 aliphatic heterocycles. The Morgan fingerprint density at radius 1 is 0.667 bits per heavy atom. The van der Waals surface area contributed by atoms with Gasteiger partial charge in [0.05, 0.1) is 32.4 Å². The van der Waals surface area contributed by atoms with E-state index in [0.717, 1.165) is 140 Å². The maximum absolute atomic E-state index is 13.3. The lowest BCUT2D eigenvalue weighted by Gasteiger charge is -2.33. The molecule has 446 valence electrons. The van der Waals surface area contributed by atoms with Crippen LogP contribution in [0.3, 0.4) is 0 Å². The van der Waals surface area contributed by atoms with E-state index in [-0.39, 0.29) is 23.4 Å². The van der Waals surface area contributed by atoms with Crippen molar-refractivity contribution < 1.29 is 33.3 Å². The molecule has 0 aliphatic carbocycles. The highest BCUT2D eigenvalue weighted by atomic mass is 16.5. The second-order valence-corrected chi connectivity index (χ2v) is 20.2. The zero-order chi connectivity index (χ0) is 58.0. The van der Waals surface area contributed by atoms with Crippen molar-refractivity contribution in [3.05, 3.63) is 118 Å². The van der Waals surface area contributed by atoms with Crippen molar-refractivity contribution in [1.29, 1.82) is 0 Å². The SMILES string of the molecule is CCCOCCOCCCNC(=O)CN1CCN(CC)CCN(CC)CCN(CC)CC1.COCCCNCc1ccc(-c2ccc(CNC(CNC(=O)c3cn(C)c4cc(CNc5ncc[nH]5)ccc4c3=O)C(=O)OC)cc2)cc1. The molecule has 20 heteroatoms. The Morgan fingerprint density at radius 3 is 1.81 bits per heavy atom. The first-order valence-corrected chi connectivity index (χ1v) is 29.1. The summed E-state index contributed by atoms with van der Waals surface area (Å²) in [5, 5.41) is 16.0. The van der Waals surface area contributed by atoms with Crippen molar-refractivity contribution in [3.63, 3.8) is 0 Å². The molecule has 0 bridgehead atoms. The highest BCUT2D eigenvalue weighted by molar-refractivity contribution is 5.97. The fraction of sp³-hybridized carbons (Fsp3) is 0.557. The van der Waals surface area contributed by atoms with Crippen molar-refractivity contribution >= 4 is 34.6 Å². The van der Waals surface area contributed by atoms with Crippen LogP contribution in [0.4, 0.5) is 5.95 Å². The van der Waals surface area contributed by atoms with Crippen molar-refractivity contribution in [2.24, 2.45) is 7.05 Å². The average Bonchev–Trinajstić information content (AvgIpc) is 4.14. The molecule has 6 N–H and O–H groups in total. The Bertz CT molecular complexity index is 2600. The standard InChI is InChI=1S/C37H43N7O5.C24H51N5O3/c1-44-24-31(34(45)30-14-9-27(19-33(30)44)22-43-37-39-16-17-40-37)35(46)42-23-32(36(47)49-3)41-21-26-7-12-29(13-8-26)28-10-5-25(6-11-28)20-38-15-4-18-48-2;1-5-19-31-21-22-32-20-9-10-25-24(30)23-29-17-15-27(7-3)13-11-26(6-2)12-14-28(8-4)16-18-29/h5-14,16-17,19,24,32,38,41H,4,15,18,20-23H2,1-3H3,(H,42,46)(H2,39,40,43);5-23H2,1-4H3,(H,25,30). The number of fused-ring (bicyclic) bond motifs is 1. The van der Waals surface area contributed by atoms with E-state index in [1.165, 1.54) is 18.9 Å². The molecule has 1 fully saturated rings. The summed E-state index contributed by atoms with van der Waals surface area (Å²) in [6, 6.07) is 21.2. The number of aromatic nitrogens is 3. The van der Waals surface area contributed by atoms with Gasteiger partial charge in [-0.15, -0.1) is 0 Å². The predicted octanol–water partition coefficient (Wildman–Crippen LogP) is 4.95. The number of anilines is 1. The molecule has 1 aliphatic rings. The van der Waals surface area contributed by atoms with E-state index in [1.54, 1.807) is 37.2 Å². The van der Waals surface area contributed by atoms with Gasteiger partial charge in [-0.25, -0.2) is 4.98 Å². The number of aryl methyl sites for hydroxylation is 1. The van der Waals surface area contributed by atoms with E-state index in [0.29, 0.717) is 62.9 Å². The number of benzene rings is 3. The molecule has 3 aromatic carbocycles. The van der Waals surface area contributed by atoms with Crippen LogP contribution < -0.4 is 32.0 Å². The lowest BCUT2D eigenvalue weighted by atomic mass is 10.0. The van der Waals surface area contributed by atoms with Crippen LogP contribution in [-0.2, 0) is 55.2 Å². The summed E-state index contributed by atoms with van der Waals surface area (Å²) in [5.74, 6) is -0.327. The number of aromatic amines is 1. The Hall–Kier alpha value is -6.07. The largest absolute Gasteiger partial charge is 0.468 e. The van der Waals surface area contributed by atoms with Gasteiger partial charge in [0.2, 0.25) is 11.3 Å². The molecule has 20 nitrogen and oxygen atoms in total. The minimum atomic E-state index is -0.821. The molecule has 81 heavy (non-hydrogen) atoms. The number of nitrogens with zero attached hydrogens (tertiary/aromatic N) is 6. The summed E-state index contributed by atoms with van der Waals surface area (Å²) in [6.45, 7) is 27.5. The van der Waals surface area contributed by atoms with Crippen LogP contribution in [0, 0.1) is 0 Å². The molecule has 0 radical (unpaired) electrons. The molecule has 0 saturated carbocycles. The number of carbonyl (C=O) groups excluding carboxylic acids is 3. The van der Waals surface area contributed by atoms with Gasteiger partial charge in [0.15, 0.2) is 5.95 Å². The molecular weight excluding hydrogens is 1030 g/mol. The molecule has 2 aromatic heterocycles. The second-order valence-electron chi connectivity index (χ2n) is 20.2. The quantitative estimate of drug-likeness (QED) is 0.0256. The van der Waals surface area contributed by atoms with Crippen LogP contribution in [0.2, 0.25) is 0 Å². The summed E-state index contributed by atoms with van der Waals surface area (Å²) >= 11 is 0. The highest BCUT2D eigenvalue weighted by Gasteiger charge is 2.22. The number of hydrogen-bond donors (Lipinski definition) is 6. The topological polar surface area (TPSA) is 212 Å². The summed E-state index contributed by atoms with van der Waals surface area (Å²) in [5.41, 5.74) is 5.61. The van der Waals surface area contributed by atoms with E-state index < -0.39 is 17.9 Å². The third-order valence-electron chi connectivity index (χ3n) is 14.4. The zero-order valence-corrected chi connectivity index (χ0v) is 49.5. The average molecular weight is 1120 g/mol. The molecule has 2 amide bonds. The third-order valence-corrected chi connectivity index (χ3v) is 14.4. The molecule has 6 rings (SSSR count). The minimum Gasteiger partial charge on any atom is -0.468 e. The van der Waals surface area contributed by atoms with Gasteiger partial charge in [0.25, 0.3) is 5.91 Å². The molecule has 5 aromatic rings. The zero-order valence-electron chi connectivity index (χ0n) is 49.5. The predicted molar refractivity (Wildman–Crippen MR) is 322 cm³/mol. The third kappa shape index (κ3) is 23.7. The first-order chi connectivity index (χ1) is 39.5. The van der Waals surface area contributed by atoms with Gasteiger partial charge in [0, 0.05) is 143 Å². The molecule has 1 saturated heterocycles. The van der Waals surface area contributed by atoms with Gasteiger partial charge in [-0.05, 0) is 85.4 Å². The summed E-state index contributed by atoms with van der Waals surface area (Å²) in [4.78, 5) is 68.7. The molecular formula is C61H94N12O8. The summed E-state index contributed by atoms with van der Waals surface area (Å²) < 4.78 is 22.8. The molecule has 1 atom stereocenters. The Kier molecular flexibility index (Phi) is 30.7. The number of carbonyl (C=O) groups is 3. The molecule has 1 unspecified atom stereocenters.